The summed E-state index contributed by atoms with van der Waals surface area (Å²) in [5.41, 5.74) is 0.572. The Labute approximate surface area is 171 Å². The van der Waals surface area contributed by atoms with E-state index >= 15 is 0 Å². The van der Waals surface area contributed by atoms with Crippen LogP contribution in [0.5, 0.6) is 0 Å². The Morgan fingerprint density at radius 3 is 2.52 bits per heavy atom. The number of aliphatic hydroxyl groups is 1. The van der Waals surface area contributed by atoms with Crippen LogP contribution in [0.25, 0.3) is 10.2 Å². The number of thiophene rings is 1. The van der Waals surface area contributed by atoms with E-state index in [9.17, 15) is 19.5 Å². The summed E-state index contributed by atoms with van der Waals surface area (Å²) < 4.78 is 7.68. The number of aryl methyl sites for hydroxylation is 3. The van der Waals surface area contributed by atoms with Crippen molar-refractivity contribution in [3.63, 3.8) is 0 Å². The van der Waals surface area contributed by atoms with Crippen molar-refractivity contribution in [1.82, 2.24) is 9.13 Å². The number of aliphatic hydroxyl groups excluding tert-OH is 1. The zero-order valence-corrected chi connectivity index (χ0v) is 17.5. The molecule has 0 spiro atoms. The van der Waals surface area contributed by atoms with Gasteiger partial charge < -0.3 is 9.84 Å². The van der Waals surface area contributed by atoms with Gasteiger partial charge in [-0.25, -0.2) is 9.59 Å². The molecule has 0 aliphatic rings. The zero-order chi connectivity index (χ0) is 21.1. The lowest BCUT2D eigenvalue weighted by Crippen LogP contribution is -2.42. The van der Waals surface area contributed by atoms with E-state index < -0.39 is 23.3 Å². The van der Waals surface area contributed by atoms with Gasteiger partial charge in [-0.05, 0) is 38.3 Å². The number of benzene rings is 1. The van der Waals surface area contributed by atoms with Crippen LogP contribution in [0, 0.1) is 6.92 Å². The summed E-state index contributed by atoms with van der Waals surface area (Å²) in [7, 11) is 0. The van der Waals surface area contributed by atoms with Crippen LogP contribution in [-0.2, 0) is 24.2 Å². The third kappa shape index (κ3) is 4.18. The van der Waals surface area contributed by atoms with Gasteiger partial charge in [0.2, 0.25) is 0 Å². The second kappa shape index (κ2) is 8.75. The highest BCUT2D eigenvalue weighted by Crippen LogP contribution is 2.28. The molecule has 0 bridgehead atoms. The number of carbonyl (C=O) groups is 1. The van der Waals surface area contributed by atoms with Gasteiger partial charge in [-0.3, -0.25) is 13.9 Å². The van der Waals surface area contributed by atoms with E-state index in [-0.39, 0.29) is 13.2 Å². The molecule has 1 N–H and O–H groups in total. The molecule has 0 radical (unpaired) electrons. The molecule has 29 heavy (non-hydrogen) atoms. The molecule has 8 heteroatoms. The summed E-state index contributed by atoms with van der Waals surface area (Å²) in [5, 5.41) is 10.1. The Balaban J connectivity index is 2.21. The van der Waals surface area contributed by atoms with Crippen LogP contribution in [0.4, 0.5) is 0 Å². The Morgan fingerprint density at radius 2 is 1.90 bits per heavy atom. The summed E-state index contributed by atoms with van der Waals surface area (Å²) in [4.78, 5) is 39.2. The first kappa shape index (κ1) is 21.0. The molecular weight excluding hydrogens is 392 g/mol. The quantitative estimate of drug-likeness (QED) is 0.597. The molecule has 2 heterocycles. The fourth-order valence-electron chi connectivity index (χ4n) is 3.29. The van der Waals surface area contributed by atoms with E-state index in [2.05, 4.69) is 0 Å². The molecular formula is C21H24N2O5S. The highest BCUT2D eigenvalue weighted by molar-refractivity contribution is 7.20. The predicted octanol–water partition coefficient (Wildman–Crippen LogP) is 2.33. The second-order valence-corrected chi connectivity index (χ2v) is 7.89. The van der Waals surface area contributed by atoms with Gasteiger partial charge in [0, 0.05) is 6.54 Å². The number of aromatic nitrogens is 2. The van der Waals surface area contributed by atoms with E-state index in [0.29, 0.717) is 33.6 Å². The summed E-state index contributed by atoms with van der Waals surface area (Å²) in [6.45, 7) is 5.39. The van der Waals surface area contributed by atoms with Crippen molar-refractivity contribution in [3.05, 3.63) is 67.2 Å². The summed E-state index contributed by atoms with van der Waals surface area (Å²) >= 11 is 1.10. The predicted molar refractivity (Wildman–Crippen MR) is 113 cm³/mol. The van der Waals surface area contributed by atoms with Gasteiger partial charge >= 0.3 is 11.7 Å². The van der Waals surface area contributed by atoms with Crippen LogP contribution in [0.2, 0.25) is 0 Å². The first-order valence-corrected chi connectivity index (χ1v) is 10.3. The molecule has 0 saturated heterocycles. The van der Waals surface area contributed by atoms with Crippen molar-refractivity contribution < 1.29 is 14.6 Å². The summed E-state index contributed by atoms with van der Waals surface area (Å²) in [6.07, 6.45) is -0.266. The first-order chi connectivity index (χ1) is 13.8. The second-order valence-electron chi connectivity index (χ2n) is 6.89. The molecule has 1 aromatic carbocycles. The highest BCUT2D eigenvalue weighted by atomic mass is 32.1. The Hall–Kier alpha value is -2.71. The number of nitrogens with zero attached hydrogens (tertiary/aromatic N) is 2. The third-order valence-corrected chi connectivity index (χ3v) is 5.96. The van der Waals surface area contributed by atoms with E-state index in [1.165, 1.54) is 11.5 Å². The fourth-order valence-corrected chi connectivity index (χ4v) is 4.51. The van der Waals surface area contributed by atoms with E-state index in [1.54, 1.807) is 13.8 Å². The topological polar surface area (TPSA) is 90.5 Å². The molecule has 2 aromatic heterocycles. The first-order valence-electron chi connectivity index (χ1n) is 9.51. The molecule has 0 aliphatic carbocycles. The molecule has 154 valence electrons. The number of rotatable bonds is 7. The Bertz CT molecular complexity index is 1140. The maximum atomic E-state index is 13.1. The van der Waals surface area contributed by atoms with Gasteiger partial charge in [0.15, 0.2) is 0 Å². The minimum Gasteiger partial charge on any atom is -0.462 e. The van der Waals surface area contributed by atoms with Gasteiger partial charge in [-0.2, -0.15) is 0 Å². The van der Waals surface area contributed by atoms with Crippen molar-refractivity contribution in [2.45, 2.75) is 46.4 Å². The molecule has 0 saturated carbocycles. The van der Waals surface area contributed by atoms with Crippen LogP contribution in [-0.4, -0.2) is 32.9 Å². The highest BCUT2D eigenvalue weighted by Gasteiger charge is 2.24. The average molecular weight is 416 g/mol. The minimum absolute atomic E-state index is 0.108. The zero-order valence-electron chi connectivity index (χ0n) is 16.7. The van der Waals surface area contributed by atoms with Crippen molar-refractivity contribution in [1.29, 1.82) is 0 Å². The molecule has 7 nitrogen and oxygen atoms in total. The largest absolute Gasteiger partial charge is 0.462 e. The van der Waals surface area contributed by atoms with Crippen LogP contribution < -0.4 is 11.2 Å². The van der Waals surface area contributed by atoms with Gasteiger partial charge in [0.1, 0.15) is 9.71 Å². The number of hydrogen-bond acceptors (Lipinski definition) is 6. The van der Waals surface area contributed by atoms with Crippen molar-refractivity contribution in [2.24, 2.45) is 0 Å². The summed E-state index contributed by atoms with van der Waals surface area (Å²) in [6, 6.07) is 9.72. The number of ether oxygens (including phenoxy) is 1. The number of hydrogen-bond donors (Lipinski definition) is 1. The lowest BCUT2D eigenvalue weighted by Gasteiger charge is -2.13. The molecule has 0 unspecified atom stereocenters. The Kier molecular flexibility index (Phi) is 6.34. The molecule has 3 rings (SSSR count). The maximum Gasteiger partial charge on any atom is 0.348 e. The Morgan fingerprint density at radius 1 is 1.21 bits per heavy atom. The van der Waals surface area contributed by atoms with Crippen LogP contribution in [0.3, 0.4) is 0 Å². The fraction of sp³-hybridized carbons (Fsp3) is 0.381. The smallest absolute Gasteiger partial charge is 0.348 e. The van der Waals surface area contributed by atoms with Crippen molar-refractivity contribution in [2.75, 3.05) is 6.61 Å². The van der Waals surface area contributed by atoms with Gasteiger partial charge in [-0.15, -0.1) is 11.3 Å². The van der Waals surface area contributed by atoms with Crippen LogP contribution in [0.15, 0.2) is 39.9 Å². The molecule has 0 amide bonds. The van der Waals surface area contributed by atoms with E-state index in [4.69, 9.17) is 4.74 Å². The van der Waals surface area contributed by atoms with E-state index in [1.807, 2.05) is 30.3 Å². The minimum atomic E-state index is -0.858. The molecule has 0 fully saturated rings. The van der Waals surface area contributed by atoms with Crippen molar-refractivity contribution in [3.8, 4) is 0 Å². The van der Waals surface area contributed by atoms with Gasteiger partial charge in [0.25, 0.3) is 5.56 Å². The molecule has 0 aliphatic heterocycles. The van der Waals surface area contributed by atoms with E-state index in [0.717, 1.165) is 21.5 Å². The monoisotopic (exact) mass is 416 g/mol. The maximum absolute atomic E-state index is 13.1. The van der Waals surface area contributed by atoms with Crippen molar-refractivity contribution >= 4 is 27.5 Å². The number of fused-ring (bicyclic) bond motifs is 1. The normalized spacial score (nSPS) is 12.3. The van der Waals surface area contributed by atoms with Crippen LogP contribution >= 0.6 is 11.3 Å². The van der Waals surface area contributed by atoms with Gasteiger partial charge in [-0.1, -0.05) is 30.3 Å². The molecule has 3 aromatic rings. The third-order valence-electron chi connectivity index (χ3n) is 4.67. The molecule has 1 atom stereocenters. The lowest BCUT2D eigenvalue weighted by atomic mass is 10.1. The number of esters is 1. The summed E-state index contributed by atoms with van der Waals surface area (Å²) in [5.74, 6) is -0.505. The average Bonchev–Trinajstić information content (AvgIpc) is 3.03. The van der Waals surface area contributed by atoms with Crippen LogP contribution in [0.1, 0.15) is 34.6 Å². The lowest BCUT2D eigenvalue weighted by molar-refractivity contribution is 0.0531. The standard InChI is InChI=1S/C21H24N2O5S/c1-4-28-20(26)17-14(3)16-18(25)23(12-13(2)24)21(27)22(19(16)29-17)11-10-15-8-6-5-7-9-15/h5-9,13,24H,4,10-12H2,1-3H3/t13-/m1/s1. The van der Waals surface area contributed by atoms with Gasteiger partial charge in [0.05, 0.1) is 24.6 Å². The number of carbonyl (C=O) groups excluding carboxylic acids is 1. The SMILES string of the molecule is CCOC(=O)c1sc2c(c1C)c(=O)n(C[C@@H](C)O)c(=O)n2CCc1ccccc1.